The fourth-order valence-corrected chi connectivity index (χ4v) is 0.686. The summed E-state index contributed by atoms with van der Waals surface area (Å²) in [5.41, 5.74) is 0. The summed E-state index contributed by atoms with van der Waals surface area (Å²) in [5, 5.41) is 0. The molecule has 14 heavy (non-hydrogen) atoms. The van der Waals surface area contributed by atoms with Crippen molar-refractivity contribution in [1.29, 1.82) is 0 Å². The van der Waals surface area contributed by atoms with Crippen molar-refractivity contribution in [1.82, 2.24) is 0 Å². The largest absolute Gasteiger partial charge is 0.462 e. The molecule has 0 heterocycles. The second kappa shape index (κ2) is 8.50. The van der Waals surface area contributed by atoms with E-state index in [9.17, 15) is 0 Å². The van der Waals surface area contributed by atoms with Gasteiger partial charge >= 0.3 is 11.9 Å². The highest BCUT2D eigenvalue weighted by Gasteiger charge is 2.13. The van der Waals surface area contributed by atoms with E-state index < -0.39 is 0 Å². The molecule has 0 radical (unpaired) electrons. The molecule has 84 valence electrons. The van der Waals surface area contributed by atoms with Crippen molar-refractivity contribution in [2.24, 2.45) is 0 Å². The van der Waals surface area contributed by atoms with Gasteiger partial charge in [-0.25, -0.2) is 0 Å². The Balaban J connectivity index is 4.33. The Morgan fingerprint density at radius 1 is 0.857 bits per heavy atom. The summed E-state index contributed by atoms with van der Waals surface area (Å²) in [4.78, 5) is 9.53. The van der Waals surface area contributed by atoms with Gasteiger partial charge in [-0.3, -0.25) is 4.89 Å². The molecule has 0 aliphatic rings. The minimum absolute atomic E-state index is 0.0931. The van der Waals surface area contributed by atoms with Gasteiger partial charge < -0.3 is 14.2 Å². The molecule has 0 fully saturated rings. The average Bonchev–Trinajstić information content (AvgIpc) is 2.19. The highest BCUT2D eigenvalue weighted by atomic mass is 17.2. The Labute approximate surface area is 84.5 Å². The molecule has 0 unspecified atom stereocenters. The lowest BCUT2D eigenvalue weighted by Crippen LogP contribution is -2.07. The van der Waals surface area contributed by atoms with E-state index in [4.69, 9.17) is 24.0 Å². The van der Waals surface area contributed by atoms with Crippen LogP contribution < -0.4 is 0 Å². The van der Waals surface area contributed by atoms with Crippen LogP contribution in [0.4, 0.5) is 0 Å². The Kier molecular flexibility index (Phi) is 7.83. The van der Waals surface area contributed by atoms with E-state index in [2.05, 4.69) is 0 Å². The second-order valence-electron chi connectivity index (χ2n) is 2.13. The summed E-state index contributed by atoms with van der Waals surface area (Å²) >= 11 is 0. The van der Waals surface area contributed by atoms with Crippen molar-refractivity contribution in [3.05, 3.63) is 11.9 Å². The topological polar surface area (TPSA) is 46.2 Å². The number of methoxy groups -OCH3 is 1. The zero-order valence-corrected chi connectivity index (χ0v) is 9.16. The maximum Gasteiger partial charge on any atom is 0.399 e. The van der Waals surface area contributed by atoms with Crippen LogP contribution in [0.1, 0.15) is 20.8 Å². The first-order valence-electron chi connectivity index (χ1n) is 4.63. The predicted octanol–water partition coefficient (Wildman–Crippen LogP) is 1.80. The summed E-state index contributed by atoms with van der Waals surface area (Å²) in [6, 6.07) is 0. The molecule has 5 nitrogen and oxygen atoms in total. The van der Waals surface area contributed by atoms with Gasteiger partial charge in [0.05, 0.1) is 26.9 Å². The predicted molar refractivity (Wildman–Crippen MR) is 50.0 cm³/mol. The van der Waals surface area contributed by atoms with Crippen molar-refractivity contribution in [3.63, 3.8) is 0 Å². The molecule has 0 saturated carbocycles. The van der Waals surface area contributed by atoms with E-state index in [0.29, 0.717) is 19.8 Å². The molecule has 0 aliphatic heterocycles. The minimum Gasteiger partial charge on any atom is -0.462 e. The Morgan fingerprint density at radius 3 is 1.79 bits per heavy atom. The van der Waals surface area contributed by atoms with E-state index in [1.165, 1.54) is 7.11 Å². The highest BCUT2D eigenvalue weighted by Crippen LogP contribution is 2.10. The van der Waals surface area contributed by atoms with Crippen molar-refractivity contribution in [2.75, 3.05) is 26.9 Å². The molecule has 0 aromatic rings. The molecular weight excluding hydrogens is 188 g/mol. The van der Waals surface area contributed by atoms with E-state index in [0.717, 1.165) is 0 Å². The van der Waals surface area contributed by atoms with Crippen LogP contribution in [-0.2, 0) is 24.0 Å². The van der Waals surface area contributed by atoms with Crippen LogP contribution in [0.15, 0.2) is 11.9 Å². The Hall–Kier alpha value is -1.10. The highest BCUT2D eigenvalue weighted by molar-refractivity contribution is 4.84. The summed E-state index contributed by atoms with van der Waals surface area (Å²) < 4.78 is 15.2. The van der Waals surface area contributed by atoms with Crippen molar-refractivity contribution in [3.8, 4) is 0 Å². The van der Waals surface area contributed by atoms with Crippen molar-refractivity contribution >= 4 is 0 Å². The quantitative estimate of drug-likeness (QED) is 0.344. The maximum atomic E-state index is 5.16. The lowest BCUT2D eigenvalue weighted by Gasteiger charge is -2.12. The van der Waals surface area contributed by atoms with Gasteiger partial charge in [-0.15, -0.1) is 0 Å². The van der Waals surface area contributed by atoms with E-state index in [1.807, 2.05) is 13.8 Å². The fraction of sp³-hybridized carbons (Fsp3) is 0.778. The molecule has 0 spiro atoms. The van der Waals surface area contributed by atoms with E-state index in [1.54, 1.807) is 6.92 Å². The van der Waals surface area contributed by atoms with E-state index in [-0.39, 0.29) is 11.9 Å². The van der Waals surface area contributed by atoms with Crippen LogP contribution in [0.25, 0.3) is 0 Å². The number of hydrogen-bond donors (Lipinski definition) is 0. The van der Waals surface area contributed by atoms with Crippen LogP contribution in [0.2, 0.25) is 0 Å². The zero-order valence-electron chi connectivity index (χ0n) is 9.16. The third-order valence-corrected chi connectivity index (χ3v) is 1.16. The standard InChI is InChI=1S/C9H18O5/c1-5-11-9(12-6-2)8(10-4)14-13-7-3/h5-7H2,1-4H3. The SMILES string of the molecule is CCOOC(OC)=C(OCC)OCC. The second-order valence-corrected chi connectivity index (χ2v) is 2.13. The molecule has 0 amide bonds. The number of ether oxygens (including phenoxy) is 3. The molecule has 0 saturated heterocycles. The summed E-state index contributed by atoms with van der Waals surface area (Å²) in [5.74, 6) is 0.293. The van der Waals surface area contributed by atoms with Crippen molar-refractivity contribution in [2.45, 2.75) is 20.8 Å². The van der Waals surface area contributed by atoms with Crippen LogP contribution >= 0.6 is 0 Å². The third-order valence-electron chi connectivity index (χ3n) is 1.16. The maximum absolute atomic E-state index is 5.16. The molecular formula is C9H18O5. The van der Waals surface area contributed by atoms with Crippen molar-refractivity contribution < 1.29 is 24.0 Å². The zero-order chi connectivity index (χ0) is 10.8. The number of hydrogen-bond acceptors (Lipinski definition) is 5. The van der Waals surface area contributed by atoms with Crippen LogP contribution in [0.5, 0.6) is 0 Å². The molecule has 0 aromatic heterocycles. The lowest BCUT2D eigenvalue weighted by molar-refractivity contribution is -0.294. The van der Waals surface area contributed by atoms with Crippen LogP contribution in [0, 0.1) is 0 Å². The molecule has 5 heteroatoms. The first-order chi connectivity index (χ1) is 6.79. The van der Waals surface area contributed by atoms with Crippen LogP contribution in [-0.4, -0.2) is 26.9 Å². The van der Waals surface area contributed by atoms with Gasteiger partial charge in [0.25, 0.3) is 0 Å². The van der Waals surface area contributed by atoms with Gasteiger partial charge in [0.15, 0.2) is 0 Å². The number of rotatable bonds is 8. The Bertz CT molecular complexity index is 159. The minimum atomic E-state index is 0.0931. The molecule has 0 atom stereocenters. The van der Waals surface area contributed by atoms with Gasteiger partial charge in [0.1, 0.15) is 0 Å². The molecule has 0 aromatic carbocycles. The third kappa shape index (κ3) is 4.81. The van der Waals surface area contributed by atoms with Gasteiger partial charge in [-0.1, -0.05) is 0 Å². The van der Waals surface area contributed by atoms with Gasteiger partial charge in [-0.2, -0.15) is 4.89 Å². The summed E-state index contributed by atoms with van der Waals surface area (Å²) in [6.45, 7) is 6.84. The Morgan fingerprint density at radius 2 is 1.43 bits per heavy atom. The summed E-state index contributed by atoms with van der Waals surface area (Å²) in [6.07, 6.45) is 0. The van der Waals surface area contributed by atoms with Gasteiger partial charge in [-0.05, 0) is 20.8 Å². The first kappa shape index (κ1) is 12.9. The van der Waals surface area contributed by atoms with E-state index >= 15 is 0 Å². The normalized spacial score (nSPS) is 9.14. The monoisotopic (exact) mass is 206 g/mol. The average molecular weight is 206 g/mol. The smallest absolute Gasteiger partial charge is 0.399 e. The molecule has 0 rings (SSSR count). The molecule has 0 aliphatic carbocycles. The van der Waals surface area contributed by atoms with Gasteiger partial charge in [0, 0.05) is 0 Å². The molecule has 0 bridgehead atoms. The lowest BCUT2D eigenvalue weighted by atomic mass is 10.8. The van der Waals surface area contributed by atoms with Crippen LogP contribution in [0.3, 0.4) is 0 Å². The fourth-order valence-electron chi connectivity index (χ4n) is 0.686. The first-order valence-corrected chi connectivity index (χ1v) is 4.63. The van der Waals surface area contributed by atoms with Gasteiger partial charge in [0.2, 0.25) is 0 Å². The summed E-state index contributed by atoms with van der Waals surface area (Å²) in [7, 11) is 1.45. The molecule has 0 N–H and O–H groups in total.